The van der Waals surface area contributed by atoms with Crippen molar-refractivity contribution in [2.24, 2.45) is 5.92 Å². The predicted molar refractivity (Wildman–Crippen MR) is 125 cm³/mol. The Kier molecular flexibility index (Phi) is 8.69. The van der Waals surface area contributed by atoms with E-state index in [1.54, 1.807) is 11.0 Å². The van der Waals surface area contributed by atoms with Crippen LogP contribution in [-0.4, -0.2) is 31.2 Å². The molecule has 0 aromatic heterocycles. The van der Waals surface area contributed by atoms with Crippen molar-refractivity contribution in [2.75, 3.05) is 5.32 Å². The third kappa shape index (κ3) is 6.71. The molecule has 2 aromatic rings. The monoisotopic (exact) mass is 480 g/mol. The quantitative estimate of drug-likeness (QED) is 0.518. The van der Waals surface area contributed by atoms with Crippen molar-refractivity contribution in [3.05, 3.63) is 53.1 Å². The molecule has 0 unspecified atom stereocenters. The second kappa shape index (κ2) is 10.8. The summed E-state index contributed by atoms with van der Waals surface area (Å²) in [6, 6.07) is 10.2. The van der Waals surface area contributed by atoms with Gasteiger partial charge in [-0.3, -0.25) is 9.59 Å². The highest BCUT2D eigenvalue weighted by atomic mass is 35.5. The van der Waals surface area contributed by atoms with E-state index in [-0.39, 0.29) is 41.0 Å². The highest BCUT2D eigenvalue weighted by Crippen LogP contribution is 2.29. The third-order valence-corrected chi connectivity index (χ3v) is 6.41. The van der Waals surface area contributed by atoms with Crippen LogP contribution in [0.15, 0.2) is 47.4 Å². The number of benzene rings is 2. The molecule has 2 rings (SSSR count). The van der Waals surface area contributed by atoms with Crippen molar-refractivity contribution < 1.29 is 22.2 Å². The van der Waals surface area contributed by atoms with Crippen LogP contribution in [-0.2, 0) is 26.3 Å². The maximum absolute atomic E-state index is 12.9. The average Bonchev–Trinajstić information content (AvgIpc) is 2.72. The van der Waals surface area contributed by atoms with Gasteiger partial charge in [0.1, 0.15) is 10.6 Å². The number of amides is 2. The van der Waals surface area contributed by atoms with Crippen LogP contribution in [0.5, 0.6) is 5.75 Å². The Labute approximate surface area is 194 Å². The van der Waals surface area contributed by atoms with Gasteiger partial charge in [0.25, 0.3) is 0 Å². The summed E-state index contributed by atoms with van der Waals surface area (Å²) in [7, 11) is -4.15. The van der Waals surface area contributed by atoms with E-state index >= 15 is 0 Å². The second-order valence-electron chi connectivity index (χ2n) is 7.87. The average molecular weight is 481 g/mol. The lowest BCUT2D eigenvalue weighted by Crippen LogP contribution is -2.40. The zero-order valence-electron chi connectivity index (χ0n) is 18.9. The number of carbonyl (C=O) groups excluding carboxylic acids is 2. The van der Waals surface area contributed by atoms with Gasteiger partial charge in [0.05, 0.1) is 0 Å². The van der Waals surface area contributed by atoms with Crippen molar-refractivity contribution in [3.63, 3.8) is 0 Å². The number of nitrogens with one attached hydrogen (secondary N) is 1. The lowest BCUT2D eigenvalue weighted by Gasteiger charge is -2.31. The molecule has 7 nitrogen and oxygen atoms in total. The summed E-state index contributed by atoms with van der Waals surface area (Å²) >= 11 is 6.16. The van der Waals surface area contributed by atoms with Gasteiger partial charge in [-0.2, -0.15) is 8.42 Å². The molecule has 1 atom stereocenters. The Balaban J connectivity index is 2.36. The van der Waals surface area contributed by atoms with Crippen molar-refractivity contribution in [1.29, 1.82) is 0 Å². The van der Waals surface area contributed by atoms with Gasteiger partial charge in [-0.15, -0.1) is 0 Å². The molecule has 2 amide bonds. The van der Waals surface area contributed by atoms with E-state index in [1.807, 2.05) is 27.7 Å². The first kappa shape index (κ1) is 25.7. The molecule has 0 spiro atoms. The van der Waals surface area contributed by atoms with Gasteiger partial charge in [0.2, 0.25) is 11.8 Å². The number of nitrogens with zero attached hydrogens (tertiary/aromatic N) is 1. The van der Waals surface area contributed by atoms with Gasteiger partial charge >= 0.3 is 10.1 Å². The Morgan fingerprint density at radius 3 is 2.25 bits per heavy atom. The number of hydrogen-bond acceptors (Lipinski definition) is 5. The smallest absolute Gasteiger partial charge is 0.339 e. The molecular formula is C23H29ClN2O5S. The summed E-state index contributed by atoms with van der Waals surface area (Å²) in [6.45, 7) is 9.10. The molecular weight excluding hydrogens is 452 g/mol. The normalized spacial score (nSPS) is 12.3. The fraction of sp³-hybridized carbons (Fsp3) is 0.391. The molecule has 9 heteroatoms. The van der Waals surface area contributed by atoms with Crippen LogP contribution >= 0.6 is 11.6 Å². The molecule has 32 heavy (non-hydrogen) atoms. The van der Waals surface area contributed by atoms with Crippen LogP contribution in [0.25, 0.3) is 0 Å². The lowest BCUT2D eigenvalue weighted by atomic mass is 10.1. The standard InChI is InChI=1S/C23H29ClN2O5S/c1-6-16(4)26(23(28)15(2)3)14-18-13-19(24)7-12-22(18)31-32(29,30)21-10-8-20(9-11-21)25-17(5)27/h7-13,15-16H,6,14H2,1-5H3,(H,25,27)/t16-/m1/s1. The van der Waals surface area contributed by atoms with E-state index in [1.165, 1.54) is 43.3 Å². The maximum Gasteiger partial charge on any atom is 0.339 e. The third-order valence-electron chi connectivity index (χ3n) is 4.93. The van der Waals surface area contributed by atoms with E-state index in [0.717, 1.165) is 6.42 Å². The number of anilines is 1. The van der Waals surface area contributed by atoms with E-state index in [0.29, 0.717) is 16.3 Å². The topological polar surface area (TPSA) is 92.8 Å². The number of carbonyl (C=O) groups is 2. The summed E-state index contributed by atoms with van der Waals surface area (Å²) in [5.74, 6) is -0.408. The van der Waals surface area contributed by atoms with E-state index < -0.39 is 10.1 Å². The van der Waals surface area contributed by atoms with Gasteiger partial charge in [0.15, 0.2) is 0 Å². The zero-order chi connectivity index (χ0) is 24.1. The minimum Gasteiger partial charge on any atom is -0.379 e. The van der Waals surface area contributed by atoms with E-state index in [4.69, 9.17) is 15.8 Å². The zero-order valence-corrected chi connectivity index (χ0v) is 20.5. The first-order chi connectivity index (χ1) is 14.9. The van der Waals surface area contributed by atoms with Crippen molar-refractivity contribution >= 4 is 39.2 Å². The largest absolute Gasteiger partial charge is 0.379 e. The Morgan fingerprint density at radius 1 is 1.09 bits per heavy atom. The Morgan fingerprint density at radius 2 is 1.72 bits per heavy atom. The first-order valence-electron chi connectivity index (χ1n) is 10.4. The van der Waals surface area contributed by atoms with Crippen molar-refractivity contribution in [3.8, 4) is 5.75 Å². The molecule has 0 saturated heterocycles. The lowest BCUT2D eigenvalue weighted by molar-refractivity contribution is -0.137. The summed E-state index contributed by atoms with van der Waals surface area (Å²) in [5, 5.41) is 2.99. The van der Waals surface area contributed by atoms with Crippen LogP contribution in [0.1, 0.15) is 46.6 Å². The SMILES string of the molecule is CC[C@@H](C)N(Cc1cc(Cl)ccc1OS(=O)(=O)c1ccc(NC(C)=O)cc1)C(=O)C(C)C. The van der Waals surface area contributed by atoms with E-state index in [9.17, 15) is 18.0 Å². The summed E-state index contributed by atoms with van der Waals surface area (Å²) < 4.78 is 31.2. The van der Waals surface area contributed by atoms with Gasteiger partial charge in [-0.05, 0) is 55.8 Å². The molecule has 0 aliphatic heterocycles. The summed E-state index contributed by atoms with van der Waals surface area (Å²) in [5.41, 5.74) is 0.963. The molecule has 0 aliphatic rings. The van der Waals surface area contributed by atoms with Gasteiger partial charge in [0, 0.05) is 41.7 Å². The van der Waals surface area contributed by atoms with Crippen LogP contribution in [0.3, 0.4) is 0 Å². The fourth-order valence-corrected chi connectivity index (χ4v) is 4.17. The van der Waals surface area contributed by atoms with Gasteiger partial charge in [-0.25, -0.2) is 0 Å². The van der Waals surface area contributed by atoms with Crippen molar-refractivity contribution in [2.45, 2.75) is 58.5 Å². The molecule has 0 saturated carbocycles. The van der Waals surface area contributed by atoms with Crippen molar-refractivity contribution in [1.82, 2.24) is 4.90 Å². The maximum atomic E-state index is 12.9. The first-order valence-corrected chi connectivity index (χ1v) is 12.1. The molecule has 1 N–H and O–H groups in total. The predicted octanol–water partition coefficient (Wildman–Crippen LogP) is 4.85. The number of hydrogen-bond donors (Lipinski definition) is 1. The highest BCUT2D eigenvalue weighted by Gasteiger charge is 2.25. The van der Waals surface area contributed by atoms with Crippen LogP contribution < -0.4 is 9.50 Å². The molecule has 174 valence electrons. The molecule has 2 aromatic carbocycles. The number of halogens is 1. The van der Waals surface area contributed by atoms with Crippen LogP contribution in [0.2, 0.25) is 5.02 Å². The van der Waals surface area contributed by atoms with Crippen LogP contribution in [0, 0.1) is 5.92 Å². The fourth-order valence-electron chi connectivity index (χ4n) is 3.01. The summed E-state index contributed by atoms with van der Waals surface area (Å²) in [6.07, 6.45) is 0.744. The second-order valence-corrected chi connectivity index (χ2v) is 9.86. The number of rotatable bonds is 9. The molecule has 0 radical (unpaired) electrons. The van der Waals surface area contributed by atoms with E-state index in [2.05, 4.69) is 5.32 Å². The molecule has 0 bridgehead atoms. The Hall–Kier alpha value is -2.58. The molecule has 0 aliphatic carbocycles. The minimum atomic E-state index is -4.15. The Bertz CT molecular complexity index is 1070. The highest BCUT2D eigenvalue weighted by molar-refractivity contribution is 7.87. The minimum absolute atomic E-state index is 0.0401. The molecule has 0 heterocycles. The van der Waals surface area contributed by atoms with Gasteiger partial charge in [-0.1, -0.05) is 32.4 Å². The van der Waals surface area contributed by atoms with Gasteiger partial charge < -0.3 is 14.4 Å². The van der Waals surface area contributed by atoms with Crippen LogP contribution in [0.4, 0.5) is 5.69 Å². The summed E-state index contributed by atoms with van der Waals surface area (Å²) in [4.78, 5) is 25.6. The molecule has 0 fully saturated rings.